The molecule has 1 heterocycles. The highest BCUT2D eigenvalue weighted by Crippen LogP contribution is 2.33. The molecule has 1 aromatic carbocycles. The zero-order chi connectivity index (χ0) is 15.5. The highest BCUT2D eigenvalue weighted by molar-refractivity contribution is 7.10. The van der Waals surface area contributed by atoms with Crippen LogP contribution in [0.4, 0.5) is 18.9 Å². The van der Waals surface area contributed by atoms with Crippen molar-refractivity contribution in [3.63, 3.8) is 0 Å². The van der Waals surface area contributed by atoms with Gasteiger partial charge in [-0.15, -0.1) is 11.3 Å². The number of anilines is 1. The van der Waals surface area contributed by atoms with Gasteiger partial charge in [0, 0.05) is 11.0 Å². The summed E-state index contributed by atoms with van der Waals surface area (Å²) in [5.41, 5.74) is -0.947. The summed E-state index contributed by atoms with van der Waals surface area (Å²) < 4.78 is 37.8. The quantitative estimate of drug-likeness (QED) is 0.781. The molecule has 0 aliphatic heterocycles. The number of amides is 1. The average molecular weight is 332 g/mol. The Hall–Kier alpha value is -1.79. The van der Waals surface area contributed by atoms with E-state index in [0.29, 0.717) is 0 Å². The lowest BCUT2D eigenvalue weighted by Gasteiger charge is -2.10. The van der Waals surface area contributed by atoms with E-state index in [-0.39, 0.29) is 10.7 Å². The van der Waals surface area contributed by atoms with Gasteiger partial charge in [-0.1, -0.05) is 17.7 Å². The molecule has 0 fully saturated rings. The van der Waals surface area contributed by atoms with Crippen LogP contribution in [0.1, 0.15) is 10.4 Å². The van der Waals surface area contributed by atoms with Crippen molar-refractivity contribution in [1.29, 1.82) is 0 Å². The smallest absolute Gasteiger partial charge is 0.321 e. The van der Waals surface area contributed by atoms with Crippen molar-refractivity contribution in [3.8, 4) is 0 Å². The van der Waals surface area contributed by atoms with Gasteiger partial charge in [-0.3, -0.25) is 4.79 Å². The molecule has 0 aliphatic carbocycles. The van der Waals surface area contributed by atoms with Crippen molar-refractivity contribution in [2.75, 3.05) is 5.32 Å². The van der Waals surface area contributed by atoms with E-state index in [0.717, 1.165) is 23.1 Å². The number of hydrogen-bond acceptors (Lipinski definition) is 2. The Morgan fingerprint density at radius 2 is 2.05 bits per heavy atom. The van der Waals surface area contributed by atoms with Crippen LogP contribution in [0.15, 0.2) is 41.8 Å². The number of benzene rings is 1. The fourth-order valence-corrected chi connectivity index (χ4v) is 2.30. The Bertz CT molecular complexity index is 665. The van der Waals surface area contributed by atoms with Crippen molar-refractivity contribution in [2.45, 2.75) is 6.18 Å². The van der Waals surface area contributed by atoms with E-state index < -0.39 is 17.6 Å². The van der Waals surface area contributed by atoms with Gasteiger partial charge in [0.1, 0.15) is 0 Å². The van der Waals surface area contributed by atoms with Crippen LogP contribution in [0.3, 0.4) is 0 Å². The highest BCUT2D eigenvalue weighted by Gasteiger charge is 2.31. The molecule has 0 radical (unpaired) electrons. The molecule has 2 rings (SSSR count). The van der Waals surface area contributed by atoms with Crippen LogP contribution in [0.2, 0.25) is 5.02 Å². The minimum atomic E-state index is -4.49. The van der Waals surface area contributed by atoms with Crippen LogP contribution in [0.5, 0.6) is 0 Å². The number of nitrogens with one attached hydrogen (secondary N) is 1. The summed E-state index contributed by atoms with van der Waals surface area (Å²) in [6.45, 7) is 0. The molecular weight excluding hydrogens is 323 g/mol. The molecule has 0 saturated carbocycles. The third kappa shape index (κ3) is 4.34. The van der Waals surface area contributed by atoms with E-state index in [1.54, 1.807) is 6.08 Å². The first-order valence-corrected chi connectivity index (χ1v) is 7.01. The largest absolute Gasteiger partial charge is 0.416 e. The first kappa shape index (κ1) is 15.6. The number of carbonyl (C=O) groups excluding carboxylic acids is 1. The van der Waals surface area contributed by atoms with E-state index in [2.05, 4.69) is 5.32 Å². The summed E-state index contributed by atoms with van der Waals surface area (Å²) in [4.78, 5) is 12.5. The molecule has 0 unspecified atom stereocenters. The van der Waals surface area contributed by atoms with E-state index >= 15 is 0 Å². The van der Waals surface area contributed by atoms with Gasteiger partial charge in [0.05, 0.1) is 16.3 Å². The third-order valence-corrected chi connectivity index (χ3v) is 3.66. The molecule has 2 aromatic rings. The van der Waals surface area contributed by atoms with Crippen LogP contribution >= 0.6 is 22.9 Å². The first-order chi connectivity index (χ1) is 9.86. The normalized spacial score (nSPS) is 11.8. The second kappa shape index (κ2) is 6.32. The Morgan fingerprint density at radius 3 is 2.67 bits per heavy atom. The first-order valence-electron chi connectivity index (χ1n) is 5.75. The molecule has 21 heavy (non-hydrogen) atoms. The number of thiophene rings is 1. The summed E-state index contributed by atoms with van der Waals surface area (Å²) in [7, 11) is 0. The lowest BCUT2D eigenvalue weighted by atomic mass is 10.2. The van der Waals surface area contributed by atoms with Crippen LogP contribution in [-0.2, 0) is 11.0 Å². The number of halogens is 4. The SMILES string of the molecule is O=C(/C=C\c1cccs1)Nc1cc(C(F)(F)F)ccc1Cl. The molecule has 0 atom stereocenters. The van der Waals surface area contributed by atoms with Crippen molar-refractivity contribution in [3.05, 3.63) is 57.3 Å². The van der Waals surface area contributed by atoms with Gasteiger partial charge in [-0.25, -0.2) is 0 Å². The van der Waals surface area contributed by atoms with Gasteiger partial charge in [-0.2, -0.15) is 13.2 Å². The molecule has 0 bridgehead atoms. The zero-order valence-electron chi connectivity index (χ0n) is 10.4. The maximum absolute atomic E-state index is 12.6. The van der Waals surface area contributed by atoms with E-state index in [9.17, 15) is 18.0 Å². The predicted octanol–water partition coefficient (Wildman–Crippen LogP) is 5.07. The van der Waals surface area contributed by atoms with Gasteiger partial charge < -0.3 is 5.32 Å². The molecule has 1 aromatic heterocycles. The molecular formula is C14H9ClF3NOS. The van der Waals surface area contributed by atoms with Gasteiger partial charge in [-0.05, 0) is 35.7 Å². The summed E-state index contributed by atoms with van der Waals surface area (Å²) in [6, 6.07) is 6.40. The van der Waals surface area contributed by atoms with Gasteiger partial charge in [0.15, 0.2) is 0 Å². The lowest BCUT2D eigenvalue weighted by molar-refractivity contribution is -0.137. The number of rotatable bonds is 3. The van der Waals surface area contributed by atoms with E-state index in [1.165, 1.54) is 17.4 Å². The molecule has 1 N–H and O–H groups in total. The molecule has 1 amide bonds. The van der Waals surface area contributed by atoms with E-state index in [1.807, 2.05) is 17.5 Å². The summed E-state index contributed by atoms with van der Waals surface area (Å²) in [6.07, 6.45) is -1.68. The van der Waals surface area contributed by atoms with Crippen molar-refractivity contribution in [2.24, 2.45) is 0 Å². The fourth-order valence-electron chi connectivity index (χ4n) is 1.52. The Labute approximate surface area is 127 Å². The lowest BCUT2D eigenvalue weighted by Crippen LogP contribution is -2.10. The van der Waals surface area contributed by atoms with Crippen LogP contribution in [-0.4, -0.2) is 5.91 Å². The number of alkyl halides is 3. The van der Waals surface area contributed by atoms with E-state index in [4.69, 9.17) is 11.6 Å². The Kier molecular flexibility index (Phi) is 4.69. The molecule has 0 saturated heterocycles. The van der Waals surface area contributed by atoms with Crippen LogP contribution < -0.4 is 5.32 Å². The second-order valence-electron chi connectivity index (χ2n) is 4.03. The zero-order valence-corrected chi connectivity index (χ0v) is 12.0. The fraction of sp³-hybridized carbons (Fsp3) is 0.0714. The maximum Gasteiger partial charge on any atom is 0.416 e. The Balaban J connectivity index is 2.13. The number of carbonyl (C=O) groups is 1. The Morgan fingerprint density at radius 1 is 1.29 bits per heavy atom. The monoisotopic (exact) mass is 331 g/mol. The van der Waals surface area contributed by atoms with Crippen molar-refractivity contribution >= 4 is 40.6 Å². The average Bonchev–Trinajstić information content (AvgIpc) is 2.91. The standard InChI is InChI=1S/C14H9ClF3NOS/c15-11-5-3-9(14(16,17)18)8-12(11)19-13(20)6-4-10-2-1-7-21-10/h1-8H,(H,19,20)/b6-4-. The molecule has 2 nitrogen and oxygen atoms in total. The summed E-state index contributed by atoms with van der Waals surface area (Å²) in [5.74, 6) is -0.551. The van der Waals surface area contributed by atoms with Crippen LogP contribution in [0.25, 0.3) is 6.08 Å². The van der Waals surface area contributed by atoms with Crippen molar-refractivity contribution < 1.29 is 18.0 Å². The highest BCUT2D eigenvalue weighted by atomic mass is 35.5. The number of hydrogen-bond donors (Lipinski definition) is 1. The van der Waals surface area contributed by atoms with Crippen molar-refractivity contribution in [1.82, 2.24) is 0 Å². The molecule has 7 heteroatoms. The summed E-state index contributed by atoms with van der Waals surface area (Å²) in [5, 5.41) is 4.22. The third-order valence-electron chi connectivity index (χ3n) is 2.49. The maximum atomic E-state index is 12.6. The topological polar surface area (TPSA) is 29.1 Å². The predicted molar refractivity (Wildman–Crippen MR) is 78.4 cm³/mol. The second-order valence-corrected chi connectivity index (χ2v) is 5.42. The molecule has 0 spiro atoms. The van der Waals surface area contributed by atoms with Gasteiger partial charge >= 0.3 is 6.18 Å². The van der Waals surface area contributed by atoms with Gasteiger partial charge in [0.2, 0.25) is 5.91 Å². The van der Waals surface area contributed by atoms with Gasteiger partial charge in [0.25, 0.3) is 0 Å². The minimum Gasteiger partial charge on any atom is -0.321 e. The summed E-state index contributed by atoms with van der Waals surface area (Å²) >= 11 is 7.22. The molecule has 110 valence electrons. The van der Waals surface area contributed by atoms with Crippen LogP contribution in [0, 0.1) is 0 Å². The molecule has 0 aliphatic rings. The minimum absolute atomic E-state index is 0.0425.